The van der Waals surface area contributed by atoms with Gasteiger partial charge >= 0.3 is 5.97 Å². The lowest BCUT2D eigenvalue weighted by molar-refractivity contribution is -0.145. The Bertz CT molecular complexity index is 202. The van der Waals surface area contributed by atoms with Crippen molar-refractivity contribution >= 4 is 29.5 Å². The van der Waals surface area contributed by atoms with Gasteiger partial charge in [0.15, 0.2) is 0 Å². The van der Waals surface area contributed by atoms with Crippen molar-refractivity contribution in [1.29, 1.82) is 0 Å². The van der Waals surface area contributed by atoms with Gasteiger partial charge < -0.3 is 4.74 Å². The van der Waals surface area contributed by atoms with E-state index in [1.807, 2.05) is 23.5 Å². The standard InChI is InChI=1S/C10H19NO2S2/c1-13-10(12)9-4-3-5-11(9)6-7-15-8-14-2/h9H,3-8H2,1-2H3. The SMILES string of the molecule is COC(=O)C1CCCN1CCSCSC. The number of likely N-dealkylation sites (tertiary alicyclic amines) is 1. The van der Waals surface area contributed by atoms with Crippen molar-refractivity contribution < 1.29 is 9.53 Å². The Morgan fingerprint density at radius 3 is 3.07 bits per heavy atom. The summed E-state index contributed by atoms with van der Waals surface area (Å²) >= 11 is 3.78. The van der Waals surface area contributed by atoms with Crippen LogP contribution in [-0.4, -0.2) is 54.2 Å². The van der Waals surface area contributed by atoms with Gasteiger partial charge in [0.25, 0.3) is 0 Å². The van der Waals surface area contributed by atoms with Crippen LogP contribution in [0, 0.1) is 0 Å². The third-order valence-corrected chi connectivity index (χ3v) is 4.64. The summed E-state index contributed by atoms with van der Waals surface area (Å²) in [6, 6.07) is 0.0184. The monoisotopic (exact) mass is 249 g/mol. The highest BCUT2D eigenvalue weighted by atomic mass is 32.2. The average molecular weight is 249 g/mol. The molecule has 1 unspecified atom stereocenters. The van der Waals surface area contributed by atoms with E-state index in [1.165, 1.54) is 7.11 Å². The zero-order chi connectivity index (χ0) is 11.1. The molecule has 0 aromatic rings. The summed E-state index contributed by atoms with van der Waals surface area (Å²) in [5.74, 6) is 1.04. The molecule has 1 rings (SSSR count). The minimum absolute atomic E-state index is 0.0184. The fraction of sp³-hybridized carbons (Fsp3) is 0.900. The summed E-state index contributed by atoms with van der Waals surface area (Å²) in [6.45, 7) is 2.05. The molecule has 0 aromatic heterocycles. The highest BCUT2D eigenvalue weighted by Crippen LogP contribution is 2.19. The molecule has 0 aliphatic carbocycles. The fourth-order valence-corrected chi connectivity index (χ4v) is 3.32. The zero-order valence-electron chi connectivity index (χ0n) is 9.40. The second-order valence-corrected chi connectivity index (χ2v) is 5.87. The summed E-state index contributed by atoms with van der Waals surface area (Å²) in [5.41, 5.74) is 0. The third kappa shape index (κ3) is 4.25. The van der Waals surface area contributed by atoms with Crippen molar-refractivity contribution in [2.24, 2.45) is 0 Å². The van der Waals surface area contributed by atoms with E-state index in [2.05, 4.69) is 11.2 Å². The Balaban J connectivity index is 2.24. The predicted molar refractivity (Wildman–Crippen MR) is 67.5 cm³/mol. The maximum atomic E-state index is 11.4. The first-order valence-electron chi connectivity index (χ1n) is 5.18. The molecule has 0 saturated carbocycles. The fourth-order valence-electron chi connectivity index (χ4n) is 1.82. The van der Waals surface area contributed by atoms with Crippen molar-refractivity contribution in [3.8, 4) is 0 Å². The van der Waals surface area contributed by atoms with Gasteiger partial charge in [0, 0.05) is 17.4 Å². The van der Waals surface area contributed by atoms with Crippen LogP contribution >= 0.6 is 23.5 Å². The first-order valence-corrected chi connectivity index (χ1v) is 7.73. The van der Waals surface area contributed by atoms with E-state index in [-0.39, 0.29) is 12.0 Å². The quantitative estimate of drug-likeness (QED) is 0.406. The summed E-state index contributed by atoms with van der Waals surface area (Å²) in [5, 5.41) is 1.14. The van der Waals surface area contributed by atoms with Gasteiger partial charge in [-0.1, -0.05) is 0 Å². The number of carbonyl (C=O) groups excluding carboxylic acids is 1. The molecule has 0 bridgehead atoms. The number of hydrogen-bond donors (Lipinski definition) is 0. The van der Waals surface area contributed by atoms with Gasteiger partial charge in [0.05, 0.1) is 7.11 Å². The number of esters is 1. The minimum atomic E-state index is -0.0673. The first kappa shape index (κ1) is 13.2. The Hall–Kier alpha value is 0.130. The zero-order valence-corrected chi connectivity index (χ0v) is 11.0. The molecule has 5 heteroatoms. The summed E-state index contributed by atoms with van der Waals surface area (Å²) in [4.78, 5) is 13.7. The van der Waals surface area contributed by atoms with E-state index in [9.17, 15) is 4.79 Å². The first-order chi connectivity index (χ1) is 7.29. The predicted octanol–water partition coefficient (Wildman–Crippen LogP) is 1.68. The average Bonchev–Trinajstić information content (AvgIpc) is 2.71. The van der Waals surface area contributed by atoms with Crippen LogP contribution in [0.5, 0.6) is 0 Å². The second kappa shape index (κ2) is 7.41. The number of carbonyl (C=O) groups is 1. The number of rotatable bonds is 6. The van der Waals surface area contributed by atoms with Gasteiger partial charge in [-0.05, 0) is 25.6 Å². The highest BCUT2D eigenvalue weighted by Gasteiger charge is 2.30. The molecular weight excluding hydrogens is 230 g/mol. The number of hydrogen-bond acceptors (Lipinski definition) is 5. The van der Waals surface area contributed by atoms with Crippen molar-refractivity contribution in [2.45, 2.75) is 18.9 Å². The van der Waals surface area contributed by atoms with Crippen LogP contribution in [0.15, 0.2) is 0 Å². The van der Waals surface area contributed by atoms with Gasteiger partial charge in [0.2, 0.25) is 0 Å². The van der Waals surface area contributed by atoms with Crippen molar-refractivity contribution in [2.75, 3.05) is 37.3 Å². The molecule has 0 aromatic carbocycles. The maximum absolute atomic E-state index is 11.4. The van der Waals surface area contributed by atoms with E-state index < -0.39 is 0 Å². The highest BCUT2D eigenvalue weighted by molar-refractivity contribution is 8.15. The van der Waals surface area contributed by atoms with E-state index in [0.29, 0.717) is 0 Å². The van der Waals surface area contributed by atoms with Gasteiger partial charge in [-0.25, -0.2) is 0 Å². The lowest BCUT2D eigenvalue weighted by Gasteiger charge is -2.21. The van der Waals surface area contributed by atoms with Crippen LogP contribution < -0.4 is 0 Å². The van der Waals surface area contributed by atoms with Gasteiger partial charge in [-0.2, -0.15) is 11.8 Å². The maximum Gasteiger partial charge on any atom is 0.323 e. The Morgan fingerprint density at radius 1 is 1.60 bits per heavy atom. The van der Waals surface area contributed by atoms with Crippen LogP contribution in [0.1, 0.15) is 12.8 Å². The minimum Gasteiger partial charge on any atom is -0.468 e. The Labute approximate surface area is 100 Å². The molecule has 1 fully saturated rings. The number of methoxy groups -OCH3 is 1. The molecule has 15 heavy (non-hydrogen) atoms. The molecule has 0 N–H and O–H groups in total. The molecule has 0 amide bonds. The van der Waals surface area contributed by atoms with E-state index >= 15 is 0 Å². The Kier molecular flexibility index (Phi) is 6.52. The van der Waals surface area contributed by atoms with Gasteiger partial charge in [-0.3, -0.25) is 9.69 Å². The normalized spacial score (nSPS) is 21.9. The molecule has 1 aliphatic heterocycles. The van der Waals surface area contributed by atoms with Crippen LogP contribution in [0.3, 0.4) is 0 Å². The third-order valence-electron chi connectivity index (χ3n) is 2.56. The van der Waals surface area contributed by atoms with Crippen molar-refractivity contribution in [3.63, 3.8) is 0 Å². The van der Waals surface area contributed by atoms with E-state index in [1.54, 1.807) is 0 Å². The van der Waals surface area contributed by atoms with Gasteiger partial charge in [0.1, 0.15) is 6.04 Å². The number of nitrogens with zero attached hydrogens (tertiary/aromatic N) is 1. The number of thioether (sulfide) groups is 2. The summed E-state index contributed by atoms with van der Waals surface area (Å²) in [7, 11) is 1.47. The largest absolute Gasteiger partial charge is 0.468 e. The molecule has 0 spiro atoms. The summed E-state index contributed by atoms with van der Waals surface area (Å²) < 4.78 is 4.80. The van der Waals surface area contributed by atoms with Crippen LogP contribution in [0.4, 0.5) is 0 Å². The molecule has 3 nitrogen and oxygen atoms in total. The van der Waals surface area contributed by atoms with E-state index in [4.69, 9.17) is 4.74 Å². The smallest absolute Gasteiger partial charge is 0.323 e. The lowest BCUT2D eigenvalue weighted by Crippen LogP contribution is -2.38. The van der Waals surface area contributed by atoms with Gasteiger partial charge in [-0.15, -0.1) is 11.8 Å². The van der Waals surface area contributed by atoms with Crippen molar-refractivity contribution in [1.82, 2.24) is 4.90 Å². The molecule has 88 valence electrons. The van der Waals surface area contributed by atoms with Crippen LogP contribution in [-0.2, 0) is 9.53 Å². The molecule has 0 radical (unpaired) electrons. The molecule has 1 atom stereocenters. The van der Waals surface area contributed by atoms with Crippen LogP contribution in [0.25, 0.3) is 0 Å². The Morgan fingerprint density at radius 2 is 2.40 bits per heavy atom. The topological polar surface area (TPSA) is 29.5 Å². The lowest BCUT2D eigenvalue weighted by atomic mass is 10.2. The van der Waals surface area contributed by atoms with Crippen LogP contribution in [0.2, 0.25) is 0 Å². The van der Waals surface area contributed by atoms with E-state index in [0.717, 1.165) is 36.8 Å². The molecular formula is C10H19NO2S2. The number of ether oxygens (including phenoxy) is 1. The second-order valence-electron chi connectivity index (χ2n) is 3.53. The van der Waals surface area contributed by atoms with Crippen molar-refractivity contribution in [3.05, 3.63) is 0 Å². The molecule has 1 saturated heterocycles. The summed E-state index contributed by atoms with van der Waals surface area (Å²) in [6.07, 6.45) is 4.19. The molecule has 1 heterocycles. The molecule has 1 aliphatic rings.